The van der Waals surface area contributed by atoms with Crippen LogP contribution in [0.25, 0.3) is 22.3 Å². The van der Waals surface area contributed by atoms with Crippen LogP contribution in [0.4, 0.5) is 13.2 Å². The molecule has 0 saturated heterocycles. The van der Waals surface area contributed by atoms with Gasteiger partial charge in [0, 0.05) is 42.8 Å². The quantitative estimate of drug-likeness (QED) is 0.413. The van der Waals surface area contributed by atoms with Gasteiger partial charge in [0.2, 0.25) is 0 Å². The molecule has 1 aliphatic rings. The first-order valence-corrected chi connectivity index (χ1v) is 11.3. The number of amides is 1. The summed E-state index contributed by atoms with van der Waals surface area (Å²) in [6.07, 6.45) is -4.05. The summed E-state index contributed by atoms with van der Waals surface area (Å²) in [6, 6.07) is 8.38. The van der Waals surface area contributed by atoms with Crippen LogP contribution in [0, 0.1) is 13.8 Å². The van der Waals surface area contributed by atoms with E-state index in [4.69, 9.17) is 0 Å². The SMILES string of the molecule is Cc1ccc2cc(C(=O)N3CCc4c(nn(C)c4-c4cc(C(F)(F)F)nn4C)[C@@H]3C)c(C)cc2n1. The Hall–Kier alpha value is -3.69. The summed E-state index contributed by atoms with van der Waals surface area (Å²) < 4.78 is 42.5. The maximum absolute atomic E-state index is 13.6. The van der Waals surface area contributed by atoms with Crippen LogP contribution < -0.4 is 0 Å². The molecule has 1 aliphatic heterocycles. The lowest BCUT2D eigenvalue weighted by atomic mass is 9.95. The van der Waals surface area contributed by atoms with E-state index in [0.29, 0.717) is 35.6 Å². The van der Waals surface area contributed by atoms with Crippen molar-refractivity contribution < 1.29 is 18.0 Å². The van der Waals surface area contributed by atoms with Gasteiger partial charge in [0.15, 0.2) is 5.69 Å². The molecule has 1 amide bonds. The zero-order valence-corrected chi connectivity index (χ0v) is 20.1. The smallest absolute Gasteiger partial charge is 0.330 e. The Bertz CT molecular complexity index is 1480. The van der Waals surface area contributed by atoms with Crippen LogP contribution in [0.2, 0.25) is 0 Å². The number of carbonyl (C=O) groups is 1. The lowest BCUT2D eigenvalue weighted by Gasteiger charge is -2.33. The van der Waals surface area contributed by atoms with Crippen molar-refractivity contribution in [3.63, 3.8) is 0 Å². The number of benzene rings is 1. The number of halogens is 3. The van der Waals surface area contributed by atoms with Crippen molar-refractivity contribution in [3.05, 3.63) is 64.1 Å². The molecule has 10 heteroatoms. The Morgan fingerprint density at radius 2 is 1.80 bits per heavy atom. The fourth-order valence-electron chi connectivity index (χ4n) is 4.93. The molecule has 0 spiro atoms. The lowest BCUT2D eigenvalue weighted by molar-refractivity contribution is -0.141. The van der Waals surface area contributed by atoms with Crippen LogP contribution in [0.15, 0.2) is 30.3 Å². The molecule has 5 rings (SSSR count). The molecule has 35 heavy (non-hydrogen) atoms. The minimum Gasteiger partial charge on any atom is -0.330 e. The Labute approximate surface area is 200 Å². The third kappa shape index (κ3) is 3.77. The van der Waals surface area contributed by atoms with E-state index >= 15 is 0 Å². The topological polar surface area (TPSA) is 68.8 Å². The van der Waals surface area contributed by atoms with Gasteiger partial charge in [-0.25, -0.2) is 0 Å². The number of hydrogen-bond donors (Lipinski definition) is 0. The summed E-state index contributed by atoms with van der Waals surface area (Å²) in [7, 11) is 3.19. The molecule has 0 fully saturated rings. The highest BCUT2D eigenvalue weighted by Gasteiger charge is 2.37. The summed E-state index contributed by atoms with van der Waals surface area (Å²) in [5.74, 6) is -0.102. The zero-order valence-electron chi connectivity index (χ0n) is 20.1. The lowest BCUT2D eigenvalue weighted by Crippen LogP contribution is -2.39. The third-order valence-electron chi connectivity index (χ3n) is 6.72. The number of alkyl halides is 3. The van der Waals surface area contributed by atoms with Gasteiger partial charge in [0.05, 0.1) is 28.6 Å². The van der Waals surface area contributed by atoms with Crippen LogP contribution in [0.5, 0.6) is 0 Å². The van der Waals surface area contributed by atoms with E-state index in [0.717, 1.165) is 33.8 Å². The molecular weight excluding hydrogens is 457 g/mol. The largest absolute Gasteiger partial charge is 0.435 e. The van der Waals surface area contributed by atoms with Crippen LogP contribution in [0.3, 0.4) is 0 Å². The average molecular weight is 483 g/mol. The second kappa shape index (κ2) is 7.93. The minimum atomic E-state index is -4.53. The van der Waals surface area contributed by atoms with E-state index in [2.05, 4.69) is 15.2 Å². The van der Waals surface area contributed by atoms with E-state index in [1.54, 1.807) is 16.6 Å². The second-order valence-corrected chi connectivity index (χ2v) is 9.11. The van der Waals surface area contributed by atoms with Crippen molar-refractivity contribution in [1.29, 1.82) is 0 Å². The molecule has 0 saturated carbocycles. The van der Waals surface area contributed by atoms with Crippen LogP contribution in [0.1, 0.15) is 51.5 Å². The Morgan fingerprint density at radius 1 is 1.06 bits per heavy atom. The molecule has 0 N–H and O–H groups in total. The predicted molar refractivity (Wildman–Crippen MR) is 125 cm³/mol. The fourth-order valence-corrected chi connectivity index (χ4v) is 4.93. The normalized spacial score (nSPS) is 16.1. The van der Waals surface area contributed by atoms with Crippen LogP contribution in [-0.4, -0.2) is 41.9 Å². The molecule has 1 atom stereocenters. The maximum Gasteiger partial charge on any atom is 0.435 e. The summed E-state index contributed by atoms with van der Waals surface area (Å²) in [5, 5.41) is 9.17. The third-order valence-corrected chi connectivity index (χ3v) is 6.72. The molecule has 1 aromatic carbocycles. The Morgan fingerprint density at radius 3 is 2.49 bits per heavy atom. The van der Waals surface area contributed by atoms with Gasteiger partial charge in [-0.05, 0) is 57.0 Å². The van der Waals surface area contributed by atoms with Gasteiger partial charge in [-0.2, -0.15) is 23.4 Å². The Balaban J connectivity index is 1.51. The number of aromatic nitrogens is 5. The minimum absolute atomic E-state index is 0.102. The van der Waals surface area contributed by atoms with E-state index in [1.165, 1.54) is 11.7 Å². The van der Waals surface area contributed by atoms with E-state index in [-0.39, 0.29) is 11.9 Å². The summed E-state index contributed by atoms with van der Waals surface area (Å²) in [5.41, 5.74) is 4.73. The molecule has 182 valence electrons. The fraction of sp³-hybridized carbons (Fsp3) is 0.360. The van der Waals surface area contributed by atoms with Crippen LogP contribution in [-0.2, 0) is 26.7 Å². The van der Waals surface area contributed by atoms with E-state index < -0.39 is 11.9 Å². The molecule has 4 aromatic rings. The average Bonchev–Trinajstić information content (AvgIpc) is 3.32. The van der Waals surface area contributed by atoms with Gasteiger partial charge in [-0.3, -0.25) is 19.1 Å². The van der Waals surface area contributed by atoms with Crippen molar-refractivity contribution in [1.82, 2.24) is 29.4 Å². The molecule has 0 radical (unpaired) electrons. The van der Waals surface area contributed by atoms with Gasteiger partial charge in [-0.15, -0.1) is 0 Å². The number of carbonyl (C=O) groups excluding carboxylic acids is 1. The summed E-state index contributed by atoms with van der Waals surface area (Å²) >= 11 is 0. The molecule has 7 nitrogen and oxygen atoms in total. The highest BCUT2D eigenvalue weighted by Crippen LogP contribution is 2.38. The maximum atomic E-state index is 13.6. The predicted octanol–water partition coefficient (Wildman–Crippen LogP) is 4.76. The van der Waals surface area contributed by atoms with Crippen molar-refractivity contribution >= 4 is 16.8 Å². The molecule has 3 aromatic heterocycles. The van der Waals surface area contributed by atoms with Gasteiger partial charge in [-0.1, -0.05) is 6.07 Å². The summed E-state index contributed by atoms with van der Waals surface area (Å²) in [4.78, 5) is 19.9. The van der Waals surface area contributed by atoms with Gasteiger partial charge < -0.3 is 4.90 Å². The van der Waals surface area contributed by atoms with E-state index in [9.17, 15) is 18.0 Å². The van der Waals surface area contributed by atoms with Crippen molar-refractivity contribution in [2.75, 3.05) is 6.54 Å². The van der Waals surface area contributed by atoms with Crippen molar-refractivity contribution in [2.45, 2.75) is 39.4 Å². The number of pyridine rings is 1. The van der Waals surface area contributed by atoms with Gasteiger partial charge in [0.25, 0.3) is 5.91 Å². The molecule has 0 bridgehead atoms. The first-order chi connectivity index (χ1) is 16.5. The molecule has 0 unspecified atom stereocenters. The standard InChI is InChI=1S/C25H25F3N6O/c1-13-10-19-16(7-6-14(2)29-19)11-18(13)24(35)34-9-8-17-22(15(34)3)31-33(5)23(17)20-12-21(25(26,27)28)30-32(20)4/h6-7,10-12,15H,8-9H2,1-5H3/t15-/m0/s1. The molecular formula is C25H25F3N6O. The monoisotopic (exact) mass is 482 g/mol. The van der Waals surface area contributed by atoms with Crippen LogP contribution >= 0.6 is 0 Å². The van der Waals surface area contributed by atoms with Crippen molar-refractivity contribution in [3.8, 4) is 11.4 Å². The number of aryl methyl sites for hydroxylation is 4. The van der Waals surface area contributed by atoms with Crippen molar-refractivity contribution in [2.24, 2.45) is 14.1 Å². The number of fused-ring (bicyclic) bond motifs is 2. The Kier molecular flexibility index (Phi) is 5.23. The number of hydrogen-bond acceptors (Lipinski definition) is 4. The second-order valence-electron chi connectivity index (χ2n) is 9.11. The number of rotatable bonds is 2. The number of nitrogens with zero attached hydrogens (tertiary/aromatic N) is 6. The van der Waals surface area contributed by atoms with E-state index in [1.807, 2.05) is 45.0 Å². The highest BCUT2D eigenvalue weighted by molar-refractivity contribution is 6.00. The first kappa shape index (κ1) is 23.1. The zero-order chi connectivity index (χ0) is 25.2. The van der Waals surface area contributed by atoms with Gasteiger partial charge >= 0.3 is 6.18 Å². The molecule has 4 heterocycles. The highest BCUT2D eigenvalue weighted by atomic mass is 19.4. The van der Waals surface area contributed by atoms with Gasteiger partial charge in [0.1, 0.15) is 0 Å². The summed E-state index contributed by atoms with van der Waals surface area (Å²) in [6.45, 7) is 6.16. The first-order valence-electron chi connectivity index (χ1n) is 11.3. The molecule has 0 aliphatic carbocycles.